The van der Waals surface area contributed by atoms with E-state index in [0.29, 0.717) is 6.26 Å². The van der Waals surface area contributed by atoms with E-state index >= 15 is 0 Å². The maximum Gasteiger partial charge on any atom is 0.261 e. The molecule has 1 aliphatic rings. The summed E-state index contributed by atoms with van der Waals surface area (Å²) in [4.78, 5) is 2.40. The van der Waals surface area contributed by atoms with Gasteiger partial charge in [-0.25, -0.2) is 0 Å². The van der Waals surface area contributed by atoms with Gasteiger partial charge in [0, 0.05) is 6.54 Å². The van der Waals surface area contributed by atoms with Crippen molar-refractivity contribution in [3.63, 3.8) is 0 Å². The minimum Gasteiger partial charge on any atom is -0.392 e. The predicted molar refractivity (Wildman–Crippen MR) is 99.0 cm³/mol. The Hall–Kier alpha value is -1.73. The zero-order valence-electron chi connectivity index (χ0n) is 14.3. The van der Waals surface area contributed by atoms with Gasteiger partial charge in [0.05, 0.1) is 18.4 Å². The summed E-state index contributed by atoms with van der Waals surface area (Å²) < 4.78 is 25.9. The van der Waals surface area contributed by atoms with Crippen molar-refractivity contribution < 1.29 is 18.1 Å². The number of β-amino-alcohol motifs (C(OH)–C–C–N with tert-alkyl or cyclic N) is 1. The number of rotatable bonds is 3. The first kappa shape index (κ1) is 19.6. The maximum absolute atomic E-state index is 9.98. The zero-order valence-corrected chi connectivity index (χ0v) is 15.1. The molecule has 0 bridgehead atoms. The molecule has 0 radical (unpaired) electrons. The van der Waals surface area contributed by atoms with Gasteiger partial charge in [0.15, 0.2) is 0 Å². The van der Waals surface area contributed by atoms with Crippen LogP contribution in [0.15, 0.2) is 60.7 Å². The number of benzene rings is 2. The van der Waals surface area contributed by atoms with Crippen LogP contribution < -0.4 is 0 Å². The fourth-order valence-electron chi connectivity index (χ4n) is 3.10. The smallest absolute Gasteiger partial charge is 0.261 e. The molecule has 2 N–H and O–H groups in total. The average molecular weight is 363 g/mol. The first-order valence-electron chi connectivity index (χ1n) is 8.29. The molecule has 0 aromatic heterocycles. The van der Waals surface area contributed by atoms with Crippen molar-refractivity contribution in [2.75, 3.05) is 19.3 Å². The molecule has 2 aromatic carbocycles. The van der Waals surface area contributed by atoms with Gasteiger partial charge in [-0.1, -0.05) is 60.7 Å². The van der Waals surface area contributed by atoms with Gasteiger partial charge in [0.1, 0.15) is 0 Å². The number of hydrogen-bond donors (Lipinski definition) is 2. The van der Waals surface area contributed by atoms with Crippen molar-refractivity contribution in [1.29, 1.82) is 0 Å². The number of likely N-dealkylation sites (tertiary alicyclic amines) is 1. The number of hydrogen-bond acceptors (Lipinski definition) is 4. The summed E-state index contributed by atoms with van der Waals surface area (Å²) in [5.74, 6) is 0. The Balaban J connectivity index is 0.000000399. The normalized spacial score (nSPS) is 18.5. The van der Waals surface area contributed by atoms with Gasteiger partial charge in [-0.15, -0.1) is 0 Å². The first-order valence-corrected chi connectivity index (χ1v) is 10.1. The highest BCUT2D eigenvalue weighted by atomic mass is 32.2. The maximum atomic E-state index is 9.98. The van der Waals surface area contributed by atoms with E-state index in [1.54, 1.807) is 0 Å². The molecule has 1 unspecified atom stereocenters. The van der Waals surface area contributed by atoms with Crippen molar-refractivity contribution in [1.82, 2.24) is 4.90 Å². The topological polar surface area (TPSA) is 77.8 Å². The van der Waals surface area contributed by atoms with Crippen LogP contribution >= 0.6 is 0 Å². The van der Waals surface area contributed by atoms with Crippen LogP contribution in [0.25, 0.3) is 0 Å². The molecule has 1 fully saturated rings. The summed E-state index contributed by atoms with van der Waals surface area (Å²) in [6, 6.07) is 21.4. The van der Waals surface area contributed by atoms with Crippen molar-refractivity contribution in [3.8, 4) is 0 Å². The standard InChI is InChI=1S/C18H21NO.CH4O3S/c20-17-12-7-13-19(14-17)18(15-8-3-1-4-9-15)16-10-5-2-6-11-16;1-5(2,3)4/h1-6,8-11,17-18,20H,7,12-14H2;1H3,(H,2,3,4). The van der Waals surface area contributed by atoms with Crippen LogP contribution in [0.5, 0.6) is 0 Å². The Morgan fingerprint density at radius 3 is 1.84 bits per heavy atom. The largest absolute Gasteiger partial charge is 0.392 e. The Bertz CT molecular complexity index is 687. The van der Waals surface area contributed by atoms with Crippen molar-refractivity contribution in [2.45, 2.75) is 25.0 Å². The van der Waals surface area contributed by atoms with E-state index in [0.717, 1.165) is 25.9 Å². The fourth-order valence-corrected chi connectivity index (χ4v) is 3.10. The van der Waals surface area contributed by atoms with Crippen LogP contribution in [0.1, 0.15) is 30.0 Å². The van der Waals surface area contributed by atoms with Crippen LogP contribution in [-0.2, 0) is 10.1 Å². The average Bonchev–Trinajstić information content (AvgIpc) is 2.56. The predicted octanol–water partition coefficient (Wildman–Crippen LogP) is 2.74. The molecule has 2 aromatic rings. The molecule has 1 aliphatic heterocycles. The minimum absolute atomic E-state index is 0.196. The van der Waals surface area contributed by atoms with E-state index in [1.165, 1.54) is 11.1 Å². The summed E-state index contributed by atoms with van der Waals surface area (Å²) in [7, 11) is -3.67. The number of aliphatic hydroxyl groups is 1. The van der Waals surface area contributed by atoms with Gasteiger partial charge in [-0.3, -0.25) is 9.45 Å². The summed E-state index contributed by atoms with van der Waals surface area (Å²) in [5.41, 5.74) is 2.60. The number of piperidine rings is 1. The number of aliphatic hydroxyl groups excluding tert-OH is 1. The summed E-state index contributed by atoms with van der Waals surface area (Å²) >= 11 is 0. The second-order valence-corrected chi connectivity index (χ2v) is 7.71. The van der Waals surface area contributed by atoms with Gasteiger partial charge in [0.25, 0.3) is 10.1 Å². The lowest BCUT2D eigenvalue weighted by Crippen LogP contribution is -2.41. The van der Waals surface area contributed by atoms with E-state index in [2.05, 4.69) is 65.6 Å². The third-order valence-electron chi connectivity index (χ3n) is 4.02. The van der Waals surface area contributed by atoms with Crippen LogP contribution in [0.3, 0.4) is 0 Å². The van der Waals surface area contributed by atoms with Gasteiger partial charge < -0.3 is 5.11 Å². The highest BCUT2D eigenvalue weighted by Gasteiger charge is 2.26. The van der Waals surface area contributed by atoms with Crippen molar-refractivity contribution >= 4 is 10.1 Å². The molecule has 25 heavy (non-hydrogen) atoms. The summed E-state index contributed by atoms with van der Waals surface area (Å²) in [5, 5.41) is 9.98. The molecule has 5 nitrogen and oxygen atoms in total. The Kier molecular flexibility index (Phi) is 7.13. The molecule has 1 heterocycles. The van der Waals surface area contributed by atoms with E-state index < -0.39 is 10.1 Å². The number of nitrogens with zero attached hydrogens (tertiary/aromatic N) is 1. The molecule has 0 amide bonds. The lowest BCUT2D eigenvalue weighted by atomic mass is 9.94. The molecule has 0 spiro atoms. The molecular weight excluding hydrogens is 338 g/mol. The van der Waals surface area contributed by atoms with Crippen LogP contribution in [0.4, 0.5) is 0 Å². The highest BCUT2D eigenvalue weighted by Crippen LogP contribution is 2.30. The van der Waals surface area contributed by atoms with Crippen LogP contribution in [-0.4, -0.2) is 48.4 Å². The molecular formula is C19H25NO4S. The molecule has 1 saturated heterocycles. The zero-order chi connectivity index (χ0) is 18.3. The summed E-state index contributed by atoms with van der Waals surface area (Å²) in [6.07, 6.45) is 2.51. The molecule has 3 rings (SSSR count). The molecule has 0 aliphatic carbocycles. The first-order chi connectivity index (χ1) is 11.8. The third-order valence-corrected chi connectivity index (χ3v) is 4.02. The van der Waals surface area contributed by atoms with Gasteiger partial charge >= 0.3 is 0 Å². The van der Waals surface area contributed by atoms with Gasteiger partial charge in [-0.05, 0) is 30.5 Å². The second-order valence-electron chi connectivity index (χ2n) is 6.25. The molecule has 6 heteroatoms. The van der Waals surface area contributed by atoms with Gasteiger partial charge in [0.2, 0.25) is 0 Å². The SMILES string of the molecule is CS(=O)(=O)O.OC1CCCN(C(c2ccccc2)c2ccccc2)C1. The Morgan fingerprint density at radius 2 is 1.44 bits per heavy atom. The quantitative estimate of drug-likeness (QED) is 0.820. The summed E-state index contributed by atoms with van der Waals surface area (Å²) in [6.45, 7) is 1.81. The molecule has 0 saturated carbocycles. The monoisotopic (exact) mass is 363 g/mol. The minimum atomic E-state index is -3.67. The lowest BCUT2D eigenvalue weighted by molar-refractivity contribution is 0.0551. The van der Waals surface area contributed by atoms with Crippen molar-refractivity contribution in [2.24, 2.45) is 0 Å². The Morgan fingerprint density at radius 1 is 1.00 bits per heavy atom. The molecule has 1 atom stereocenters. The van der Waals surface area contributed by atoms with Crippen molar-refractivity contribution in [3.05, 3.63) is 71.8 Å². The van der Waals surface area contributed by atoms with E-state index in [-0.39, 0.29) is 12.1 Å². The van der Waals surface area contributed by atoms with E-state index in [1.807, 2.05) is 0 Å². The second kappa shape index (κ2) is 9.10. The van der Waals surface area contributed by atoms with Crippen LogP contribution in [0, 0.1) is 0 Å². The van der Waals surface area contributed by atoms with Crippen LogP contribution in [0.2, 0.25) is 0 Å². The third kappa shape index (κ3) is 6.96. The van der Waals surface area contributed by atoms with E-state index in [9.17, 15) is 13.5 Å². The molecule has 136 valence electrons. The van der Waals surface area contributed by atoms with Gasteiger partial charge in [-0.2, -0.15) is 8.42 Å². The van der Waals surface area contributed by atoms with E-state index in [4.69, 9.17) is 4.55 Å². The lowest BCUT2D eigenvalue weighted by Gasteiger charge is -2.37. The fraction of sp³-hybridized carbons (Fsp3) is 0.368. The Labute approximate surface area is 149 Å². The highest BCUT2D eigenvalue weighted by molar-refractivity contribution is 7.85.